The van der Waals surface area contributed by atoms with Crippen LogP contribution in [0.15, 0.2) is 47.4 Å². The van der Waals surface area contributed by atoms with Crippen molar-refractivity contribution in [3.63, 3.8) is 0 Å². The summed E-state index contributed by atoms with van der Waals surface area (Å²) in [5, 5.41) is 7.38. The summed E-state index contributed by atoms with van der Waals surface area (Å²) in [5.41, 5.74) is 2.07. The van der Waals surface area contributed by atoms with E-state index in [-0.39, 0.29) is 23.2 Å². The lowest BCUT2D eigenvalue weighted by Gasteiger charge is -2.39. The number of halogens is 3. The van der Waals surface area contributed by atoms with E-state index in [1.165, 1.54) is 23.8 Å². The second kappa shape index (κ2) is 13.1. The molecule has 0 atom stereocenters. The first-order valence-corrected chi connectivity index (χ1v) is 16.3. The van der Waals surface area contributed by atoms with Gasteiger partial charge in [0.05, 0.1) is 48.7 Å². The molecule has 0 unspecified atom stereocenters. The molecule has 2 aliphatic rings. The number of hydrogen-bond acceptors (Lipinski definition) is 7. The number of alkyl halides is 3. The van der Waals surface area contributed by atoms with E-state index in [4.69, 9.17) is 9.47 Å². The Kier molecular flexibility index (Phi) is 9.44. The number of anilines is 2. The molecule has 2 fully saturated rings. The van der Waals surface area contributed by atoms with Crippen LogP contribution in [0.1, 0.15) is 31.4 Å². The molecule has 43 heavy (non-hydrogen) atoms. The van der Waals surface area contributed by atoms with Crippen LogP contribution in [-0.4, -0.2) is 82.4 Å². The molecule has 232 valence electrons. The summed E-state index contributed by atoms with van der Waals surface area (Å²) >= 11 is 0. The molecular formula is C31H37F3N4O4S. The molecule has 0 radical (unpaired) electrons. The molecule has 2 aromatic carbocycles. The normalized spacial score (nSPS) is 19.9. The summed E-state index contributed by atoms with van der Waals surface area (Å²) < 4.78 is 76.6. The van der Waals surface area contributed by atoms with Gasteiger partial charge in [0.25, 0.3) is 0 Å². The topological polar surface area (TPSA) is 84.8 Å². The lowest BCUT2D eigenvalue weighted by molar-refractivity contribution is -0.140. The predicted octanol–water partition coefficient (Wildman–Crippen LogP) is 5.13. The second-order valence-corrected chi connectivity index (χ2v) is 13.1. The minimum Gasteiger partial charge on any atom is -0.495 e. The molecule has 0 amide bonds. The highest BCUT2D eigenvalue weighted by Gasteiger charge is 2.31. The summed E-state index contributed by atoms with van der Waals surface area (Å²) in [6, 6.07) is 12.4. The van der Waals surface area contributed by atoms with Gasteiger partial charge in [-0.3, -0.25) is 4.90 Å². The third-order valence-electron chi connectivity index (χ3n) is 8.09. The number of morpholine rings is 1. The SMILES string of the molecule is COc1cc(S(C)(=O)=O)ccc1NCC#Cc1cc2c(N[C@H]3CC[C@H](N4CCOCC4)CC3)cccc2n1CC(F)(F)F. The lowest BCUT2D eigenvalue weighted by atomic mass is 9.89. The molecule has 12 heteroatoms. The van der Waals surface area contributed by atoms with Crippen LogP contribution in [0.4, 0.5) is 24.5 Å². The number of ether oxygens (including phenoxy) is 2. The van der Waals surface area contributed by atoms with Crippen LogP contribution in [0.3, 0.4) is 0 Å². The monoisotopic (exact) mass is 618 g/mol. The van der Waals surface area contributed by atoms with Crippen molar-refractivity contribution in [2.24, 2.45) is 0 Å². The summed E-state index contributed by atoms with van der Waals surface area (Å²) in [4.78, 5) is 2.63. The van der Waals surface area contributed by atoms with Crippen molar-refractivity contribution in [2.45, 2.75) is 55.4 Å². The molecule has 2 N–H and O–H groups in total. The predicted molar refractivity (Wildman–Crippen MR) is 162 cm³/mol. The zero-order valence-electron chi connectivity index (χ0n) is 24.3. The highest BCUT2D eigenvalue weighted by atomic mass is 32.2. The van der Waals surface area contributed by atoms with E-state index in [1.54, 1.807) is 24.3 Å². The van der Waals surface area contributed by atoms with Crippen molar-refractivity contribution in [2.75, 3.05) is 56.8 Å². The third kappa shape index (κ3) is 7.77. The Bertz CT molecular complexity index is 1600. The minimum atomic E-state index is -4.42. The summed E-state index contributed by atoms with van der Waals surface area (Å²) in [7, 11) is -1.98. The van der Waals surface area contributed by atoms with Gasteiger partial charge in [-0.1, -0.05) is 12.0 Å². The maximum Gasteiger partial charge on any atom is 0.406 e. The molecule has 0 bridgehead atoms. The first-order chi connectivity index (χ1) is 20.5. The van der Waals surface area contributed by atoms with Crippen LogP contribution < -0.4 is 15.4 Å². The smallest absolute Gasteiger partial charge is 0.406 e. The first kappa shape index (κ1) is 31.0. The number of fused-ring (bicyclic) bond motifs is 1. The van der Waals surface area contributed by atoms with Gasteiger partial charge in [0, 0.05) is 48.6 Å². The molecular weight excluding hydrogens is 581 g/mol. The molecule has 1 aliphatic carbocycles. The van der Waals surface area contributed by atoms with E-state index in [0.717, 1.165) is 63.9 Å². The fraction of sp³-hybridized carbons (Fsp3) is 0.484. The molecule has 0 spiro atoms. The number of sulfone groups is 1. The third-order valence-corrected chi connectivity index (χ3v) is 9.20. The van der Waals surface area contributed by atoms with E-state index < -0.39 is 22.6 Å². The van der Waals surface area contributed by atoms with Crippen LogP contribution in [-0.2, 0) is 21.1 Å². The highest BCUT2D eigenvalue weighted by molar-refractivity contribution is 7.90. The summed E-state index contributed by atoms with van der Waals surface area (Å²) in [6.07, 6.45) is 0.834. The molecule has 5 rings (SSSR count). The summed E-state index contributed by atoms with van der Waals surface area (Å²) in [6.45, 7) is 2.46. The van der Waals surface area contributed by atoms with Gasteiger partial charge in [-0.2, -0.15) is 13.2 Å². The van der Waals surface area contributed by atoms with E-state index >= 15 is 0 Å². The number of nitrogens with one attached hydrogen (secondary N) is 2. The van der Waals surface area contributed by atoms with Crippen molar-refractivity contribution >= 4 is 32.1 Å². The largest absolute Gasteiger partial charge is 0.495 e. The van der Waals surface area contributed by atoms with Gasteiger partial charge in [-0.05, 0) is 61.9 Å². The van der Waals surface area contributed by atoms with Crippen LogP contribution in [0.5, 0.6) is 5.75 Å². The van der Waals surface area contributed by atoms with Gasteiger partial charge in [0.2, 0.25) is 0 Å². The van der Waals surface area contributed by atoms with E-state index in [9.17, 15) is 21.6 Å². The number of rotatable bonds is 8. The van der Waals surface area contributed by atoms with Crippen LogP contribution >= 0.6 is 0 Å². The molecule has 1 aromatic heterocycles. The molecule has 2 heterocycles. The number of nitrogens with zero attached hydrogens (tertiary/aromatic N) is 2. The van der Waals surface area contributed by atoms with Gasteiger partial charge in [0.15, 0.2) is 9.84 Å². The Morgan fingerprint density at radius 3 is 2.47 bits per heavy atom. The van der Waals surface area contributed by atoms with Gasteiger partial charge < -0.3 is 24.7 Å². The molecule has 8 nitrogen and oxygen atoms in total. The maximum atomic E-state index is 13.6. The van der Waals surface area contributed by atoms with Crippen molar-refractivity contribution in [1.29, 1.82) is 0 Å². The maximum absolute atomic E-state index is 13.6. The van der Waals surface area contributed by atoms with Crippen molar-refractivity contribution in [3.05, 3.63) is 48.2 Å². The zero-order valence-corrected chi connectivity index (χ0v) is 25.2. The Morgan fingerprint density at radius 2 is 1.79 bits per heavy atom. The Hall–Kier alpha value is -3.40. The highest BCUT2D eigenvalue weighted by Crippen LogP contribution is 2.33. The Morgan fingerprint density at radius 1 is 1.05 bits per heavy atom. The molecule has 3 aromatic rings. The van der Waals surface area contributed by atoms with E-state index in [1.807, 2.05) is 6.07 Å². The van der Waals surface area contributed by atoms with Gasteiger partial charge >= 0.3 is 6.18 Å². The molecule has 1 saturated carbocycles. The van der Waals surface area contributed by atoms with Crippen LogP contribution in [0.25, 0.3) is 10.9 Å². The average Bonchev–Trinajstić information content (AvgIpc) is 3.32. The van der Waals surface area contributed by atoms with Gasteiger partial charge in [-0.25, -0.2) is 8.42 Å². The number of benzene rings is 2. The first-order valence-electron chi connectivity index (χ1n) is 14.4. The second-order valence-electron chi connectivity index (χ2n) is 11.1. The van der Waals surface area contributed by atoms with Crippen molar-refractivity contribution in [1.82, 2.24) is 9.47 Å². The fourth-order valence-electron chi connectivity index (χ4n) is 5.93. The minimum absolute atomic E-state index is 0.111. The number of methoxy groups -OCH3 is 1. The van der Waals surface area contributed by atoms with Gasteiger partial charge in [0.1, 0.15) is 12.3 Å². The fourth-order valence-corrected chi connectivity index (χ4v) is 6.57. The zero-order chi connectivity index (χ0) is 30.6. The van der Waals surface area contributed by atoms with E-state index in [0.29, 0.717) is 28.4 Å². The quantitative estimate of drug-likeness (QED) is 0.339. The Balaban J connectivity index is 1.33. The Labute approximate surface area is 250 Å². The standard InChI is InChI=1S/C31H37F3N4O4S/c1-41-30-20-25(43(2,39)40)12-13-28(30)35-14-4-5-24-19-26-27(6-3-7-29(26)38(24)21-31(32,33)34)36-22-8-10-23(11-9-22)37-15-17-42-18-16-37/h3,6-7,12-13,19-20,22-23,35-36H,8-11,14-18,21H2,1-2H3/t22-,23-. The summed E-state index contributed by atoms with van der Waals surface area (Å²) in [5.74, 6) is 6.15. The van der Waals surface area contributed by atoms with Crippen LogP contribution in [0.2, 0.25) is 0 Å². The lowest BCUT2D eigenvalue weighted by Crippen LogP contribution is -2.46. The number of hydrogen-bond donors (Lipinski definition) is 2. The van der Waals surface area contributed by atoms with Crippen molar-refractivity contribution in [3.8, 4) is 17.6 Å². The number of aromatic nitrogens is 1. The van der Waals surface area contributed by atoms with Gasteiger partial charge in [-0.15, -0.1) is 0 Å². The molecule has 1 aliphatic heterocycles. The van der Waals surface area contributed by atoms with Crippen LogP contribution in [0, 0.1) is 11.8 Å². The average molecular weight is 619 g/mol. The van der Waals surface area contributed by atoms with Crippen molar-refractivity contribution < 1.29 is 31.1 Å². The molecule has 1 saturated heterocycles. The van der Waals surface area contributed by atoms with E-state index in [2.05, 4.69) is 27.4 Å².